The highest BCUT2D eigenvalue weighted by Gasteiger charge is 2.85. The number of rotatable bonds is 16. The summed E-state index contributed by atoms with van der Waals surface area (Å²) in [5.41, 5.74) is -2.26. The van der Waals surface area contributed by atoms with Gasteiger partial charge in [-0.05, 0) is 99.8 Å². The minimum absolute atomic E-state index is 0.00422. The number of hydrogen-bond donors (Lipinski definition) is 2. The van der Waals surface area contributed by atoms with Gasteiger partial charge in [-0.1, -0.05) is 73.3 Å². The molecule has 0 aromatic heterocycles. The Kier molecular flexibility index (Phi) is 12.4. The molecule has 0 aromatic rings. The SMILES string of the molecule is C=C[C@@H]1C[C@]1(CC(=O)[C@@H]1C[C@@]2(CN1C(=O)[C@@H](CC(=O)[C@@H](NC(=O)[C@@H]1CCCN1C(C)C)C1CCCCC1)C(C)(C)C)C(C)(C)C21CCC1)C(=O)NS(=O)(=O)N(C)CC. The van der Waals surface area contributed by atoms with E-state index < -0.39 is 44.9 Å². The zero-order valence-corrected chi connectivity index (χ0v) is 37.8. The number of nitrogens with zero attached hydrogens (tertiary/aromatic N) is 3. The van der Waals surface area contributed by atoms with Gasteiger partial charge in [-0.15, -0.1) is 6.58 Å². The number of likely N-dealkylation sites (tertiary alicyclic amines) is 2. The number of allylic oxidation sites excluding steroid dienone is 1. The van der Waals surface area contributed by atoms with Gasteiger partial charge in [0.1, 0.15) is 0 Å². The molecule has 6 fully saturated rings. The highest BCUT2D eigenvalue weighted by Crippen LogP contribution is 2.88. The van der Waals surface area contributed by atoms with Crippen LogP contribution in [-0.4, -0.2) is 103 Å². The molecular weight excluding hydrogens is 755 g/mol. The van der Waals surface area contributed by atoms with Gasteiger partial charge in [0.05, 0.1) is 23.5 Å². The second-order valence-corrected chi connectivity index (χ2v) is 22.8. The zero-order chi connectivity index (χ0) is 42.8. The van der Waals surface area contributed by atoms with Gasteiger partial charge in [0.15, 0.2) is 11.6 Å². The van der Waals surface area contributed by atoms with Crippen molar-refractivity contribution in [1.82, 2.24) is 24.1 Å². The van der Waals surface area contributed by atoms with E-state index in [1.54, 1.807) is 17.9 Å². The Bertz CT molecular complexity index is 1760. The van der Waals surface area contributed by atoms with Crippen molar-refractivity contribution in [3.63, 3.8) is 0 Å². The standard InChI is InChI=1S/C45H73N5O7S/c1-11-31-25-43(31,40(55)47-58(56,57)48(10)12-2)27-36(52)34-26-45(42(8,9)44(45)21-17-22-44)28-50(34)39(54)32(41(5,6)7)24-35(51)37(30-18-14-13-15-19-30)46-38(53)33-20-16-23-49(33)29(3)4/h11,29-34,37H,1,12-28H2,2-10H3,(H,46,53)(H,47,55)/t31-,32-,33+,34+,37+,43-,45-/m1/s1. The Morgan fingerprint density at radius 1 is 0.931 bits per heavy atom. The molecule has 12 nitrogen and oxygen atoms in total. The molecule has 7 atom stereocenters. The van der Waals surface area contributed by atoms with Crippen LogP contribution in [0.4, 0.5) is 0 Å². The first-order valence-corrected chi connectivity index (χ1v) is 23.8. The maximum atomic E-state index is 15.3. The molecule has 0 aromatic carbocycles. The van der Waals surface area contributed by atoms with Crippen LogP contribution in [0.5, 0.6) is 0 Å². The predicted octanol–water partition coefficient (Wildman–Crippen LogP) is 5.81. The molecule has 4 saturated carbocycles. The first kappa shape index (κ1) is 44.9. The summed E-state index contributed by atoms with van der Waals surface area (Å²) in [4.78, 5) is 76.6. The summed E-state index contributed by atoms with van der Waals surface area (Å²) < 4.78 is 29.2. The predicted molar refractivity (Wildman–Crippen MR) is 224 cm³/mol. The van der Waals surface area contributed by atoms with Crippen molar-refractivity contribution < 1.29 is 32.4 Å². The molecule has 3 amide bonds. The first-order valence-electron chi connectivity index (χ1n) is 22.4. The molecule has 6 rings (SSSR count). The number of fused-ring (bicyclic) bond motifs is 1. The van der Waals surface area contributed by atoms with Gasteiger partial charge < -0.3 is 10.2 Å². The van der Waals surface area contributed by atoms with Gasteiger partial charge in [0.25, 0.3) is 0 Å². The summed E-state index contributed by atoms with van der Waals surface area (Å²) in [5, 5.41) is 3.24. The van der Waals surface area contributed by atoms with Crippen LogP contribution in [0.25, 0.3) is 0 Å². The summed E-state index contributed by atoms with van der Waals surface area (Å²) in [5.74, 6) is -2.55. The van der Waals surface area contributed by atoms with Gasteiger partial charge in [-0.25, -0.2) is 4.72 Å². The number of amides is 3. The molecule has 0 unspecified atom stereocenters. The van der Waals surface area contributed by atoms with Crippen molar-refractivity contribution in [2.45, 2.75) is 169 Å². The fraction of sp³-hybridized carbons (Fsp3) is 0.844. The fourth-order valence-corrected chi connectivity index (χ4v) is 13.3. The van der Waals surface area contributed by atoms with Crippen molar-refractivity contribution in [3.05, 3.63) is 12.7 Å². The summed E-state index contributed by atoms with van der Waals surface area (Å²) in [6.45, 7) is 21.6. The number of ketones is 2. The monoisotopic (exact) mass is 828 g/mol. The van der Waals surface area contributed by atoms with Crippen molar-refractivity contribution in [1.29, 1.82) is 0 Å². The van der Waals surface area contributed by atoms with Crippen LogP contribution in [0.15, 0.2) is 12.7 Å². The van der Waals surface area contributed by atoms with Gasteiger partial charge in [0, 0.05) is 50.4 Å². The van der Waals surface area contributed by atoms with Crippen molar-refractivity contribution in [2.24, 2.45) is 44.8 Å². The largest absolute Gasteiger partial charge is 0.345 e. The quantitative estimate of drug-likeness (QED) is 0.185. The van der Waals surface area contributed by atoms with Crippen molar-refractivity contribution in [3.8, 4) is 0 Å². The molecule has 2 N–H and O–H groups in total. The minimum atomic E-state index is -4.11. The van der Waals surface area contributed by atoms with Gasteiger partial charge in [-0.2, -0.15) is 12.7 Å². The molecule has 2 saturated heterocycles. The average Bonchev–Trinajstić information content (AvgIpc) is 3.64. The molecule has 6 aliphatic rings. The number of hydrogen-bond acceptors (Lipinski definition) is 8. The number of carbonyl (C=O) groups is 5. The average molecular weight is 828 g/mol. The summed E-state index contributed by atoms with van der Waals surface area (Å²) >= 11 is 0. The Balaban J connectivity index is 1.28. The van der Waals surface area contributed by atoms with E-state index >= 15 is 4.79 Å². The number of carbonyl (C=O) groups excluding carboxylic acids is 5. The fourth-order valence-electron chi connectivity index (χ4n) is 12.4. The number of Topliss-reactive ketones (excluding diaryl/α,β-unsaturated/α-hetero) is 2. The van der Waals surface area contributed by atoms with Crippen LogP contribution in [0.1, 0.15) is 145 Å². The topological polar surface area (TPSA) is 153 Å². The summed E-state index contributed by atoms with van der Waals surface area (Å²) in [6, 6.07) is -1.56. The van der Waals surface area contributed by atoms with Crippen LogP contribution < -0.4 is 10.0 Å². The maximum Gasteiger partial charge on any atom is 0.303 e. The lowest BCUT2D eigenvalue weighted by Gasteiger charge is -2.37. The molecule has 58 heavy (non-hydrogen) atoms. The van der Waals surface area contributed by atoms with Crippen LogP contribution in [-0.2, 0) is 34.2 Å². The third-order valence-corrected chi connectivity index (χ3v) is 18.2. The maximum absolute atomic E-state index is 15.3. The molecule has 13 heteroatoms. The molecule has 0 bridgehead atoms. The first-order chi connectivity index (χ1) is 27.0. The van der Waals surface area contributed by atoms with E-state index in [1.807, 2.05) is 20.8 Å². The molecule has 326 valence electrons. The Morgan fingerprint density at radius 2 is 1.59 bits per heavy atom. The Hall–Kier alpha value is -2.64. The smallest absolute Gasteiger partial charge is 0.303 e. The second-order valence-electron chi connectivity index (χ2n) is 21.0. The highest BCUT2D eigenvalue weighted by atomic mass is 32.2. The highest BCUT2D eigenvalue weighted by molar-refractivity contribution is 7.87. The number of nitrogens with one attached hydrogen (secondary N) is 2. The molecular formula is C45H73N5O7S. The van der Waals surface area contributed by atoms with Crippen LogP contribution in [0.3, 0.4) is 0 Å². The zero-order valence-electron chi connectivity index (χ0n) is 37.0. The Labute approximate surface area is 348 Å². The van der Waals surface area contributed by atoms with E-state index in [0.29, 0.717) is 19.4 Å². The molecule has 2 spiro atoms. The van der Waals surface area contributed by atoms with Crippen molar-refractivity contribution in [2.75, 3.05) is 26.7 Å². The normalized spacial score (nSPS) is 31.6. The molecule has 4 aliphatic carbocycles. The van der Waals surface area contributed by atoms with Gasteiger partial charge in [-0.3, -0.25) is 28.9 Å². The van der Waals surface area contributed by atoms with Crippen molar-refractivity contribution >= 4 is 39.5 Å². The van der Waals surface area contributed by atoms with E-state index in [9.17, 15) is 27.6 Å². The van der Waals surface area contributed by atoms with Gasteiger partial charge >= 0.3 is 10.2 Å². The van der Waals surface area contributed by atoms with E-state index in [1.165, 1.54) is 7.05 Å². The van der Waals surface area contributed by atoms with E-state index in [-0.39, 0.29) is 82.9 Å². The Morgan fingerprint density at radius 3 is 2.10 bits per heavy atom. The molecule has 2 heterocycles. The lowest BCUT2D eigenvalue weighted by Crippen LogP contribution is -2.54. The van der Waals surface area contributed by atoms with Crippen LogP contribution in [0, 0.1) is 44.8 Å². The second kappa shape index (κ2) is 16.0. The lowest BCUT2D eigenvalue weighted by atomic mass is 9.73. The van der Waals surface area contributed by atoms with E-state index in [4.69, 9.17) is 0 Å². The minimum Gasteiger partial charge on any atom is -0.345 e. The third-order valence-electron chi connectivity index (χ3n) is 16.7. The third kappa shape index (κ3) is 7.53. The van der Waals surface area contributed by atoms with Crippen LogP contribution >= 0.6 is 0 Å². The summed E-state index contributed by atoms with van der Waals surface area (Å²) in [6.07, 6.45) is 11.8. The van der Waals surface area contributed by atoms with E-state index in [2.05, 4.69) is 49.2 Å². The molecule has 2 aliphatic heterocycles. The van der Waals surface area contributed by atoms with Gasteiger partial charge in [0.2, 0.25) is 17.7 Å². The van der Waals surface area contributed by atoms with E-state index in [0.717, 1.165) is 75.1 Å². The van der Waals surface area contributed by atoms with Crippen LogP contribution in [0.2, 0.25) is 0 Å². The molecule has 0 radical (unpaired) electrons. The lowest BCUT2D eigenvalue weighted by molar-refractivity contribution is -0.147. The summed E-state index contributed by atoms with van der Waals surface area (Å²) in [7, 11) is -2.72.